The molecule has 7 nitrogen and oxygen atoms in total. The number of hydrogen-bond acceptors (Lipinski definition) is 5. The molecule has 0 radical (unpaired) electrons. The maximum atomic E-state index is 5.94. The van der Waals surface area contributed by atoms with Crippen LogP contribution < -0.4 is 5.32 Å². The van der Waals surface area contributed by atoms with Crippen molar-refractivity contribution in [2.75, 3.05) is 5.32 Å². The van der Waals surface area contributed by atoms with Gasteiger partial charge in [-0.1, -0.05) is 11.6 Å². The summed E-state index contributed by atoms with van der Waals surface area (Å²) in [6.07, 6.45) is 7.03. The average molecular weight is 326 g/mol. The van der Waals surface area contributed by atoms with Crippen molar-refractivity contribution in [1.29, 1.82) is 0 Å². The topological polar surface area (TPSA) is 73.5 Å². The van der Waals surface area contributed by atoms with Crippen LogP contribution >= 0.6 is 11.6 Å². The number of rotatable bonds is 3. The van der Waals surface area contributed by atoms with Gasteiger partial charge < -0.3 is 5.32 Å². The lowest BCUT2D eigenvalue weighted by Gasteiger charge is -2.05. The highest BCUT2D eigenvalue weighted by atomic mass is 35.5. The normalized spacial score (nSPS) is 11.0. The Balaban J connectivity index is 1.75. The molecule has 0 amide bonds. The summed E-state index contributed by atoms with van der Waals surface area (Å²) in [4.78, 5) is 8.85. The van der Waals surface area contributed by atoms with E-state index in [4.69, 9.17) is 11.6 Å². The third-order valence-electron chi connectivity index (χ3n) is 3.34. The molecule has 0 saturated heterocycles. The first-order valence-electron chi connectivity index (χ1n) is 6.91. The average Bonchev–Trinajstić information content (AvgIpc) is 3.14. The predicted molar refractivity (Wildman–Crippen MR) is 88.2 cm³/mol. The lowest BCUT2D eigenvalue weighted by Crippen LogP contribution is -2.01. The third kappa shape index (κ3) is 2.62. The lowest BCUT2D eigenvalue weighted by atomic mass is 10.3. The molecule has 3 heterocycles. The van der Waals surface area contributed by atoms with Crippen molar-refractivity contribution in [1.82, 2.24) is 29.5 Å². The monoisotopic (exact) mass is 325 g/mol. The largest absolute Gasteiger partial charge is 0.321 e. The van der Waals surface area contributed by atoms with E-state index >= 15 is 0 Å². The highest BCUT2D eigenvalue weighted by Gasteiger charge is 2.09. The molecule has 4 rings (SSSR count). The number of hydrogen-bond donors (Lipinski definition) is 1. The first kappa shape index (κ1) is 13.7. The predicted octanol–water partition coefficient (Wildman–Crippen LogP) is 2.95. The summed E-state index contributed by atoms with van der Waals surface area (Å²) in [5.41, 5.74) is 2.42. The van der Waals surface area contributed by atoms with Crippen LogP contribution in [0.5, 0.6) is 0 Å². The molecule has 0 unspecified atom stereocenters. The molecule has 1 N–H and O–H groups in total. The molecular formula is C15H12ClN7. The molecule has 1 aromatic carbocycles. The van der Waals surface area contributed by atoms with Crippen LogP contribution in [0.4, 0.5) is 11.6 Å². The Morgan fingerprint density at radius 1 is 1.04 bits per heavy atom. The van der Waals surface area contributed by atoms with Crippen molar-refractivity contribution in [3.05, 3.63) is 54.1 Å². The van der Waals surface area contributed by atoms with Gasteiger partial charge in [-0.15, -0.1) is 0 Å². The molecule has 114 valence electrons. The van der Waals surface area contributed by atoms with E-state index in [0.717, 1.165) is 16.8 Å². The van der Waals surface area contributed by atoms with E-state index < -0.39 is 0 Å². The van der Waals surface area contributed by atoms with E-state index in [1.807, 2.05) is 37.5 Å². The van der Waals surface area contributed by atoms with Gasteiger partial charge in [0.1, 0.15) is 0 Å². The highest BCUT2D eigenvalue weighted by Crippen LogP contribution is 2.20. The summed E-state index contributed by atoms with van der Waals surface area (Å²) in [6.45, 7) is 0. The molecular weight excluding hydrogens is 314 g/mol. The molecule has 0 aliphatic carbocycles. The van der Waals surface area contributed by atoms with Gasteiger partial charge >= 0.3 is 0 Å². The van der Waals surface area contributed by atoms with Crippen LogP contribution in [0.1, 0.15) is 0 Å². The molecule has 4 aromatic rings. The Bertz CT molecular complexity index is 971. The van der Waals surface area contributed by atoms with Crippen molar-refractivity contribution in [2.45, 2.75) is 0 Å². The van der Waals surface area contributed by atoms with Gasteiger partial charge in [-0.3, -0.25) is 4.68 Å². The Morgan fingerprint density at radius 2 is 1.87 bits per heavy atom. The molecule has 0 saturated carbocycles. The van der Waals surface area contributed by atoms with Crippen LogP contribution in [0, 0.1) is 0 Å². The quantitative estimate of drug-likeness (QED) is 0.627. The summed E-state index contributed by atoms with van der Waals surface area (Å²) in [5, 5.41) is 13.1. The van der Waals surface area contributed by atoms with Gasteiger partial charge in [0, 0.05) is 24.5 Å². The van der Waals surface area contributed by atoms with Gasteiger partial charge in [0.2, 0.25) is 5.95 Å². The Labute approximate surface area is 136 Å². The second-order valence-corrected chi connectivity index (χ2v) is 5.47. The van der Waals surface area contributed by atoms with Gasteiger partial charge in [0.05, 0.1) is 29.2 Å². The summed E-state index contributed by atoms with van der Waals surface area (Å²) < 4.78 is 3.46. The minimum Gasteiger partial charge on any atom is -0.321 e. The van der Waals surface area contributed by atoms with E-state index in [2.05, 4.69) is 25.5 Å². The number of nitrogens with zero attached hydrogens (tertiary/aromatic N) is 6. The zero-order chi connectivity index (χ0) is 15.8. The molecule has 0 aliphatic rings. The molecule has 0 aliphatic heterocycles. The van der Waals surface area contributed by atoms with Crippen molar-refractivity contribution in [3.63, 3.8) is 0 Å². The van der Waals surface area contributed by atoms with Gasteiger partial charge in [-0.25, -0.2) is 9.67 Å². The van der Waals surface area contributed by atoms with Crippen LogP contribution in [-0.4, -0.2) is 29.5 Å². The van der Waals surface area contributed by atoms with Gasteiger partial charge in [0.25, 0.3) is 0 Å². The smallest absolute Gasteiger partial charge is 0.229 e. The van der Waals surface area contributed by atoms with E-state index in [1.165, 1.54) is 0 Å². The fourth-order valence-electron chi connectivity index (χ4n) is 2.26. The summed E-state index contributed by atoms with van der Waals surface area (Å²) >= 11 is 5.94. The molecule has 0 atom stereocenters. The number of anilines is 2. The zero-order valence-corrected chi connectivity index (χ0v) is 12.9. The van der Waals surface area contributed by atoms with Gasteiger partial charge in [-0.05, 0) is 24.3 Å². The zero-order valence-electron chi connectivity index (χ0n) is 12.2. The van der Waals surface area contributed by atoms with E-state index in [-0.39, 0.29) is 0 Å². The van der Waals surface area contributed by atoms with Crippen LogP contribution in [0.25, 0.3) is 16.7 Å². The number of nitrogens with one attached hydrogen (secondary N) is 1. The lowest BCUT2D eigenvalue weighted by molar-refractivity contribution is 0.768. The van der Waals surface area contributed by atoms with Crippen molar-refractivity contribution in [3.8, 4) is 5.69 Å². The number of benzene rings is 1. The maximum absolute atomic E-state index is 5.94. The van der Waals surface area contributed by atoms with E-state index in [1.54, 1.807) is 28.0 Å². The third-order valence-corrected chi connectivity index (χ3v) is 3.59. The number of aromatic nitrogens is 6. The van der Waals surface area contributed by atoms with E-state index in [9.17, 15) is 0 Å². The van der Waals surface area contributed by atoms with Crippen molar-refractivity contribution in [2.24, 2.45) is 7.05 Å². The number of fused-ring (bicyclic) bond motifs is 1. The Hall–Kier alpha value is -2.93. The SMILES string of the molecule is Cn1cc(Nc2ncc3cnn(-c4ccc(Cl)cc4)c3n2)cn1. The molecule has 0 fully saturated rings. The van der Waals surface area contributed by atoms with Gasteiger partial charge in [0.15, 0.2) is 5.65 Å². The summed E-state index contributed by atoms with van der Waals surface area (Å²) in [6, 6.07) is 7.43. The van der Waals surface area contributed by atoms with Gasteiger partial charge in [-0.2, -0.15) is 15.2 Å². The van der Waals surface area contributed by atoms with E-state index in [0.29, 0.717) is 16.6 Å². The van der Waals surface area contributed by atoms with Crippen molar-refractivity contribution < 1.29 is 0 Å². The fraction of sp³-hybridized carbons (Fsp3) is 0.0667. The van der Waals surface area contributed by atoms with Crippen LogP contribution in [0.15, 0.2) is 49.1 Å². The van der Waals surface area contributed by atoms with Crippen LogP contribution in [0.2, 0.25) is 5.02 Å². The second kappa shape index (κ2) is 5.36. The molecule has 0 bridgehead atoms. The minimum atomic E-state index is 0.487. The number of halogens is 1. The number of aryl methyl sites for hydroxylation is 1. The first-order valence-corrected chi connectivity index (χ1v) is 7.29. The first-order chi connectivity index (χ1) is 11.2. The minimum absolute atomic E-state index is 0.487. The maximum Gasteiger partial charge on any atom is 0.229 e. The second-order valence-electron chi connectivity index (χ2n) is 5.03. The molecule has 8 heteroatoms. The van der Waals surface area contributed by atoms with Crippen molar-refractivity contribution >= 4 is 34.3 Å². The van der Waals surface area contributed by atoms with Crippen LogP contribution in [-0.2, 0) is 7.05 Å². The summed E-state index contributed by atoms with van der Waals surface area (Å²) in [7, 11) is 1.85. The molecule has 3 aromatic heterocycles. The standard InChI is InChI=1S/C15H12ClN7/c1-22-9-12(8-18-22)20-15-17-6-10-7-19-23(14(10)21-15)13-4-2-11(16)3-5-13/h2-9H,1H3,(H,17,20,21). The molecule has 23 heavy (non-hydrogen) atoms. The Kier molecular flexibility index (Phi) is 3.20. The fourth-order valence-corrected chi connectivity index (χ4v) is 2.39. The highest BCUT2D eigenvalue weighted by molar-refractivity contribution is 6.30. The summed E-state index contributed by atoms with van der Waals surface area (Å²) in [5.74, 6) is 0.487. The Morgan fingerprint density at radius 3 is 2.61 bits per heavy atom. The van der Waals surface area contributed by atoms with Crippen LogP contribution in [0.3, 0.4) is 0 Å². The molecule has 0 spiro atoms.